The molecular formula is C21H20FNO3. The number of carbonyl (C=O) groups excluding carboxylic acids is 2. The third-order valence-electron chi connectivity index (χ3n) is 5.12. The fraction of sp³-hybridized carbons (Fsp3) is 0.333. The van der Waals surface area contributed by atoms with Gasteiger partial charge in [0.1, 0.15) is 11.6 Å². The number of hydrogen-bond acceptors (Lipinski definition) is 3. The number of amides is 1. The highest BCUT2D eigenvalue weighted by atomic mass is 19.1. The van der Waals surface area contributed by atoms with Crippen LogP contribution in [0.1, 0.15) is 44.8 Å². The molecule has 0 bridgehead atoms. The van der Waals surface area contributed by atoms with E-state index >= 15 is 0 Å². The van der Waals surface area contributed by atoms with Gasteiger partial charge in [-0.3, -0.25) is 14.5 Å². The van der Waals surface area contributed by atoms with Crippen LogP contribution in [0, 0.1) is 11.2 Å². The number of allylic oxidation sites excluding steroid dienone is 2. The molecule has 26 heavy (non-hydrogen) atoms. The lowest BCUT2D eigenvalue weighted by atomic mass is 9.70. The average molecular weight is 353 g/mol. The molecular weight excluding hydrogens is 333 g/mol. The molecule has 2 aliphatic rings. The molecule has 1 aliphatic heterocycles. The van der Waals surface area contributed by atoms with Crippen molar-refractivity contribution in [2.24, 2.45) is 5.41 Å². The van der Waals surface area contributed by atoms with Gasteiger partial charge >= 0.3 is 0 Å². The van der Waals surface area contributed by atoms with Crippen LogP contribution in [0.25, 0.3) is 0 Å². The summed E-state index contributed by atoms with van der Waals surface area (Å²) in [4.78, 5) is 27.4. The summed E-state index contributed by atoms with van der Waals surface area (Å²) in [6.07, 6.45) is 2.57. The second kappa shape index (κ2) is 5.94. The lowest BCUT2D eigenvalue weighted by Crippen LogP contribution is -2.44. The van der Waals surface area contributed by atoms with E-state index in [9.17, 15) is 14.0 Å². The molecule has 1 unspecified atom stereocenters. The maximum Gasteiger partial charge on any atom is 0.232 e. The van der Waals surface area contributed by atoms with Crippen LogP contribution in [-0.4, -0.2) is 11.7 Å². The smallest absolute Gasteiger partial charge is 0.232 e. The minimum absolute atomic E-state index is 0.00601. The van der Waals surface area contributed by atoms with Crippen LogP contribution in [0.3, 0.4) is 0 Å². The van der Waals surface area contributed by atoms with Gasteiger partial charge in [-0.15, -0.1) is 0 Å². The zero-order valence-corrected chi connectivity index (χ0v) is 14.8. The van der Waals surface area contributed by atoms with Gasteiger partial charge in [-0.2, -0.15) is 0 Å². The van der Waals surface area contributed by atoms with E-state index in [1.807, 2.05) is 13.8 Å². The molecule has 4 rings (SSSR count). The third-order valence-corrected chi connectivity index (χ3v) is 5.12. The molecule has 0 spiro atoms. The highest BCUT2D eigenvalue weighted by Crippen LogP contribution is 2.48. The van der Waals surface area contributed by atoms with E-state index in [0.717, 1.165) is 0 Å². The topological polar surface area (TPSA) is 50.5 Å². The zero-order valence-electron chi connectivity index (χ0n) is 14.8. The van der Waals surface area contributed by atoms with Gasteiger partial charge in [0, 0.05) is 24.1 Å². The van der Waals surface area contributed by atoms with Crippen molar-refractivity contribution >= 4 is 17.4 Å². The van der Waals surface area contributed by atoms with Gasteiger partial charge in [0.15, 0.2) is 5.78 Å². The summed E-state index contributed by atoms with van der Waals surface area (Å²) < 4.78 is 20.0. The lowest BCUT2D eigenvalue weighted by Gasteiger charge is -2.42. The van der Waals surface area contributed by atoms with Crippen molar-refractivity contribution in [3.8, 4) is 0 Å². The molecule has 0 radical (unpaired) electrons. The van der Waals surface area contributed by atoms with Gasteiger partial charge in [-0.25, -0.2) is 4.39 Å². The summed E-state index contributed by atoms with van der Waals surface area (Å²) in [7, 11) is 0. The van der Waals surface area contributed by atoms with Crippen molar-refractivity contribution in [3.05, 3.63) is 65.5 Å². The standard InChI is InChI=1S/C21H20FNO3/c1-21(2)11-16-20(17(24)12-21)13(18-8-5-9-26-18)10-19(25)23(16)15-7-4-3-6-14(15)22/h3-9,13H,10-12H2,1-2H3. The van der Waals surface area contributed by atoms with E-state index in [1.54, 1.807) is 36.6 Å². The van der Waals surface area contributed by atoms with E-state index in [1.165, 1.54) is 11.0 Å². The first-order valence-electron chi connectivity index (χ1n) is 8.74. The number of Topliss-reactive ketones (excluding diaryl/α,β-unsaturated/α-hetero) is 1. The first-order chi connectivity index (χ1) is 12.4. The Bertz CT molecular complexity index is 911. The normalized spacial score (nSPS) is 22.6. The Labute approximate surface area is 151 Å². The summed E-state index contributed by atoms with van der Waals surface area (Å²) >= 11 is 0. The third kappa shape index (κ3) is 2.68. The number of furan rings is 1. The molecule has 1 aliphatic carbocycles. The number of para-hydroxylation sites is 1. The van der Waals surface area contributed by atoms with E-state index in [4.69, 9.17) is 4.42 Å². The lowest BCUT2D eigenvalue weighted by molar-refractivity contribution is -0.121. The van der Waals surface area contributed by atoms with Crippen LogP contribution in [0.15, 0.2) is 58.3 Å². The summed E-state index contributed by atoms with van der Waals surface area (Å²) in [6.45, 7) is 3.99. The number of nitrogens with zero attached hydrogens (tertiary/aromatic N) is 1. The Hall–Kier alpha value is -2.69. The number of halogens is 1. The largest absolute Gasteiger partial charge is 0.469 e. The Morgan fingerprint density at radius 3 is 2.58 bits per heavy atom. The molecule has 5 heteroatoms. The molecule has 1 aromatic heterocycles. The minimum atomic E-state index is -0.472. The SMILES string of the molecule is CC1(C)CC(=O)C2=C(C1)N(c1ccccc1F)C(=O)CC2c1ccco1. The van der Waals surface area contributed by atoms with Gasteiger partial charge < -0.3 is 4.42 Å². The molecule has 134 valence electrons. The second-order valence-electron chi connectivity index (χ2n) is 7.75. The molecule has 1 aromatic carbocycles. The van der Waals surface area contributed by atoms with Crippen LogP contribution in [0.5, 0.6) is 0 Å². The Morgan fingerprint density at radius 2 is 1.88 bits per heavy atom. The maximum absolute atomic E-state index is 14.4. The number of carbonyl (C=O) groups is 2. The number of benzene rings is 1. The number of anilines is 1. The predicted molar refractivity (Wildman–Crippen MR) is 95.0 cm³/mol. The summed E-state index contributed by atoms with van der Waals surface area (Å²) in [6, 6.07) is 9.73. The van der Waals surface area contributed by atoms with E-state index in [2.05, 4.69) is 0 Å². The molecule has 0 saturated carbocycles. The summed E-state index contributed by atoms with van der Waals surface area (Å²) in [5, 5.41) is 0. The number of hydrogen-bond donors (Lipinski definition) is 0. The van der Waals surface area contributed by atoms with Crippen molar-refractivity contribution < 1.29 is 18.4 Å². The quantitative estimate of drug-likeness (QED) is 0.794. The van der Waals surface area contributed by atoms with Gasteiger partial charge in [0.25, 0.3) is 0 Å². The van der Waals surface area contributed by atoms with Crippen molar-refractivity contribution in [1.82, 2.24) is 0 Å². The predicted octanol–water partition coefficient (Wildman–Crippen LogP) is 4.58. The number of rotatable bonds is 2. The monoisotopic (exact) mass is 353 g/mol. The van der Waals surface area contributed by atoms with Crippen LogP contribution >= 0.6 is 0 Å². The molecule has 2 aromatic rings. The van der Waals surface area contributed by atoms with E-state index < -0.39 is 11.7 Å². The van der Waals surface area contributed by atoms with Crippen LogP contribution in [0.4, 0.5) is 10.1 Å². The Morgan fingerprint density at radius 1 is 1.12 bits per heavy atom. The summed E-state index contributed by atoms with van der Waals surface area (Å²) in [5.74, 6) is -0.488. The second-order valence-corrected chi connectivity index (χ2v) is 7.75. The van der Waals surface area contributed by atoms with Gasteiger partial charge in [-0.1, -0.05) is 26.0 Å². The highest BCUT2D eigenvalue weighted by molar-refractivity contribution is 6.07. The number of ketones is 1. The summed E-state index contributed by atoms with van der Waals surface area (Å²) in [5.41, 5.74) is 1.11. The zero-order chi connectivity index (χ0) is 18.5. The molecule has 2 heterocycles. The van der Waals surface area contributed by atoms with Gasteiger partial charge in [-0.05, 0) is 36.1 Å². The van der Waals surface area contributed by atoms with Crippen molar-refractivity contribution in [3.63, 3.8) is 0 Å². The molecule has 0 fully saturated rings. The fourth-order valence-electron chi connectivity index (χ4n) is 4.06. The van der Waals surface area contributed by atoms with Crippen molar-refractivity contribution in [2.75, 3.05) is 4.90 Å². The van der Waals surface area contributed by atoms with Crippen LogP contribution in [-0.2, 0) is 9.59 Å². The van der Waals surface area contributed by atoms with Gasteiger partial charge in [0.2, 0.25) is 5.91 Å². The maximum atomic E-state index is 14.4. The van der Waals surface area contributed by atoms with Crippen LogP contribution < -0.4 is 4.90 Å². The Balaban J connectivity index is 1.92. The molecule has 0 saturated heterocycles. The molecule has 1 amide bonds. The molecule has 0 N–H and O–H groups in total. The fourth-order valence-corrected chi connectivity index (χ4v) is 4.06. The van der Waals surface area contributed by atoms with Crippen molar-refractivity contribution in [1.29, 1.82) is 0 Å². The first kappa shape index (κ1) is 16.8. The van der Waals surface area contributed by atoms with Crippen molar-refractivity contribution in [2.45, 2.75) is 39.0 Å². The minimum Gasteiger partial charge on any atom is -0.469 e. The van der Waals surface area contributed by atoms with Gasteiger partial charge in [0.05, 0.1) is 17.9 Å². The van der Waals surface area contributed by atoms with E-state index in [0.29, 0.717) is 29.9 Å². The molecule has 1 atom stereocenters. The highest BCUT2D eigenvalue weighted by Gasteiger charge is 2.45. The first-order valence-corrected chi connectivity index (χ1v) is 8.74. The van der Waals surface area contributed by atoms with Crippen LogP contribution in [0.2, 0.25) is 0 Å². The Kier molecular flexibility index (Phi) is 3.83. The average Bonchev–Trinajstić information content (AvgIpc) is 3.08. The molecule has 4 nitrogen and oxygen atoms in total. The van der Waals surface area contributed by atoms with E-state index in [-0.39, 0.29) is 29.2 Å².